The minimum absolute atomic E-state index is 0. The van der Waals surface area contributed by atoms with E-state index in [1.807, 2.05) is 79.1 Å². The molecule has 0 aliphatic heterocycles. The van der Waals surface area contributed by atoms with Crippen LogP contribution in [0.1, 0.15) is 66.3 Å². The summed E-state index contributed by atoms with van der Waals surface area (Å²) in [5.74, 6) is -1.75. The quantitative estimate of drug-likeness (QED) is 0.208. The predicted octanol–water partition coefficient (Wildman–Crippen LogP) is 1.30. The Kier molecular flexibility index (Phi) is 13.3. The first kappa shape index (κ1) is 35.1. The largest absolute Gasteiger partial charge is 1.00 e. The van der Waals surface area contributed by atoms with E-state index in [4.69, 9.17) is 4.98 Å². The Balaban J connectivity index is 0.00000529. The summed E-state index contributed by atoms with van der Waals surface area (Å²) in [6.07, 6.45) is -2.80. The number of carboxylic acid groups (broad SMARTS) is 1. The molecule has 226 valence electrons. The second-order valence-corrected chi connectivity index (χ2v) is 11.0. The molecule has 10 heteroatoms. The van der Waals surface area contributed by atoms with E-state index in [2.05, 4.69) is 0 Å². The molecule has 1 aromatic heterocycles. The number of aliphatic carboxylic acids is 1. The van der Waals surface area contributed by atoms with Crippen molar-refractivity contribution in [1.29, 1.82) is 0 Å². The topological polar surface area (TPSA) is 119 Å². The van der Waals surface area contributed by atoms with Crippen molar-refractivity contribution >= 4 is 11.9 Å². The zero-order valence-corrected chi connectivity index (χ0v) is 27.4. The van der Waals surface area contributed by atoms with E-state index in [0.29, 0.717) is 30.2 Å². The fourth-order valence-electron chi connectivity index (χ4n) is 5.20. The molecule has 0 saturated carbocycles. The molecule has 0 aliphatic carbocycles. The van der Waals surface area contributed by atoms with E-state index >= 15 is 0 Å². The molecule has 0 saturated heterocycles. The molecule has 0 bridgehead atoms. The van der Waals surface area contributed by atoms with Crippen molar-refractivity contribution < 1.29 is 58.9 Å². The van der Waals surface area contributed by atoms with Gasteiger partial charge in [0.25, 0.3) is 5.91 Å². The van der Waals surface area contributed by atoms with Crippen molar-refractivity contribution in [2.24, 2.45) is 0 Å². The molecule has 1 heterocycles. The third kappa shape index (κ3) is 9.58. The van der Waals surface area contributed by atoms with Gasteiger partial charge in [-0.15, -0.1) is 0 Å². The summed E-state index contributed by atoms with van der Waals surface area (Å²) in [5.41, 5.74) is 3.47. The normalized spacial score (nSPS) is 12.4. The molecule has 3 aromatic carbocycles. The average Bonchev–Trinajstić information content (AvgIpc) is 3.36. The number of nitrogens with zero attached hydrogens (tertiary/aromatic N) is 3. The molecular formula is C34H37FN3NaO5. The molecule has 44 heavy (non-hydrogen) atoms. The summed E-state index contributed by atoms with van der Waals surface area (Å²) >= 11 is 0. The molecule has 2 unspecified atom stereocenters. The van der Waals surface area contributed by atoms with Gasteiger partial charge in [0.15, 0.2) is 5.69 Å². The Hall–Kier alpha value is -3.34. The van der Waals surface area contributed by atoms with E-state index < -0.39 is 30.4 Å². The number of aliphatic hydroxyl groups excluding tert-OH is 2. The van der Waals surface area contributed by atoms with E-state index in [1.54, 1.807) is 17.0 Å². The maximum atomic E-state index is 14.4. The number of amides is 1. The molecule has 0 aliphatic rings. The zero-order valence-electron chi connectivity index (χ0n) is 25.4. The van der Waals surface area contributed by atoms with Crippen LogP contribution < -0.4 is 34.7 Å². The smallest absolute Gasteiger partial charge is 0.550 e. The van der Waals surface area contributed by atoms with Gasteiger partial charge in [0.2, 0.25) is 0 Å². The van der Waals surface area contributed by atoms with Gasteiger partial charge in [-0.25, -0.2) is 9.37 Å². The van der Waals surface area contributed by atoms with Crippen molar-refractivity contribution in [2.75, 3.05) is 0 Å². The predicted molar refractivity (Wildman–Crippen MR) is 159 cm³/mol. The Bertz CT molecular complexity index is 1460. The van der Waals surface area contributed by atoms with Gasteiger partial charge < -0.3 is 29.6 Å². The molecule has 0 fully saturated rings. The number of aliphatic hydroxyl groups is 2. The van der Waals surface area contributed by atoms with Gasteiger partial charge in [-0.1, -0.05) is 74.5 Å². The molecule has 0 radical (unpaired) electrons. The number of aromatic nitrogens is 2. The molecule has 0 spiro atoms. The second-order valence-electron chi connectivity index (χ2n) is 11.0. The van der Waals surface area contributed by atoms with Gasteiger partial charge in [-0.05, 0) is 54.2 Å². The minimum Gasteiger partial charge on any atom is -0.550 e. The van der Waals surface area contributed by atoms with Crippen LogP contribution in [-0.4, -0.2) is 48.7 Å². The number of imidazole rings is 1. The maximum absolute atomic E-state index is 14.4. The van der Waals surface area contributed by atoms with Crippen LogP contribution in [0, 0.1) is 5.82 Å². The standard InChI is InChI=1S/C34H38FN3O5.Na/c1-23(2)32-31(34(43)37(21-24-9-5-3-6-10-24)22-25-11-7-4-8-12-25)36-33(26-13-15-27(35)16-14-26)38(32)18-17-28(39)19-29(40)20-30(41)42;/h3-16,23,28-29,39-40H,17-22H2,1-2H3,(H,41,42);/q;+1/p-1. The molecule has 2 atom stereocenters. The van der Waals surface area contributed by atoms with Gasteiger partial charge in [-0.2, -0.15) is 0 Å². The zero-order chi connectivity index (χ0) is 30.9. The van der Waals surface area contributed by atoms with Gasteiger partial charge in [-0.3, -0.25) is 4.79 Å². The summed E-state index contributed by atoms with van der Waals surface area (Å²) in [7, 11) is 0. The van der Waals surface area contributed by atoms with E-state index in [-0.39, 0.29) is 66.5 Å². The van der Waals surface area contributed by atoms with Crippen LogP contribution in [0.3, 0.4) is 0 Å². The number of carbonyl (C=O) groups is 2. The van der Waals surface area contributed by atoms with Crippen molar-refractivity contribution in [3.05, 3.63) is 113 Å². The molecular weight excluding hydrogens is 572 g/mol. The fourth-order valence-corrected chi connectivity index (χ4v) is 5.20. The van der Waals surface area contributed by atoms with Crippen LogP contribution in [-0.2, 0) is 24.4 Å². The van der Waals surface area contributed by atoms with Crippen molar-refractivity contribution in [2.45, 2.75) is 70.9 Å². The summed E-state index contributed by atoms with van der Waals surface area (Å²) in [5, 5.41) is 31.4. The van der Waals surface area contributed by atoms with E-state index in [0.717, 1.165) is 11.1 Å². The molecule has 8 nitrogen and oxygen atoms in total. The number of halogens is 1. The number of hydrogen-bond donors (Lipinski definition) is 2. The summed E-state index contributed by atoms with van der Waals surface area (Å²) in [6.45, 7) is 4.87. The Morgan fingerprint density at radius 2 is 1.43 bits per heavy atom. The third-order valence-electron chi connectivity index (χ3n) is 7.21. The van der Waals surface area contributed by atoms with Gasteiger partial charge in [0.05, 0.1) is 17.9 Å². The molecule has 4 aromatic rings. The Morgan fingerprint density at radius 3 is 1.93 bits per heavy atom. The third-order valence-corrected chi connectivity index (χ3v) is 7.21. The summed E-state index contributed by atoms with van der Waals surface area (Å²) in [6, 6.07) is 25.3. The van der Waals surface area contributed by atoms with Crippen LogP contribution >= 0.6 is 0 Å². The van der Waals surface area contributed by atoms with Crippen LogP contribution in [0.15, 0.2) is 84.9 Å². The minimum atomic E-state index is -1.39. The van der Waals surface area contributed by atoms with Crippen molar-refractivity contribution in [3.63, 3.8) is 0 Å². The summed E-state index contributed by atoms with van der Waals surface area (Å²) < 4.78 is 15.7. The maximum Gasteiger partial charge on any atom is 1.00 e. The summed E-state index contributed by atoms with van der Waals surface area (Å²) in [4.78, 5) is 31.8. The van der Waals surface area contributed by atoms with Gasteiger partial charge >= 0.3 is 29.6 Å². The first-order valence-corrected chi connectivity index (χ1v) is 14.4. The number of hydrogen-bond acceptors (Lipinski definition) is 6. The van der Waals surface area contributed by atoms with E-state index in [9.17, 15) is 29.3 Å². The first-order valence-electron chi connectivity index (χ1n) is 14.4. The second kappa shape index (κ2) is 16.7. The number of carbonyl (C=O) groups excluding carboxylic acids is 2. The van der Waals surface area contributed by atoms with Crippen LogP contribution in [0.5, 0.6) is 0 Å². The van der Waals surface area contributed by atoms with Crippen LogP contribution in [0.2, 0.25) is 0 Å². The van der Waals surface area contributed by atoms with Crippen LogP contribution in [0.4, 0.5) is 4.39 Å². The Morgan fingerprint density at radius 1 is 0.886 bits per heavy atom. The molecule has 1 amide bonds. The van der Waals surface area contributed by atoms with E-state index in [1.165, 1.54) is 12.1 Å². The van der Waals surface area contributed by atoms with Crippen molar-refractivity contribution in [3.8, 4) is 11.4 Å². The molecule has 4 rings (SSSR count). The number of benzene rings is 3. The number of carboxylic acids is 1. The molecule has 2 N–H and O–H groups in total. The van der Waals surface area contributed by atoms with Crippen LogP contribution in [0.25, 0.3) is 11.4 Å². The monoisotopic (exact) mass is 609 g/mol. The van der Waals surface area contributed by atoms with Gasteiger partial charge in [0.1, 0.15) is 11.6 Å². The fraction of sp³-hybridized carbons (Fsp3) is 0.324. The SMILES string of the molecule is CC(C)c1c(C(=O)N(Cc2ccccc2)Cc2ccccc2)nc(-c2ccc(F)cc2)n1CCC(O)CC(O)CC(=O)[O-].[Na+]. The number of rotatable bonds is 14. The average molecular weight is 610 g/mol. The Labute approximate surface area is 279 Å². The first-order chi connectivity index (χ1) is 20.6. The van der Waals surface area contributed by atoms with Crippen molar-refractivity contribution in [1.82, 2.24) is 14.5 Å². The van der Waals surface area contributed by atoms with Gasteiger partial charge in [0, 0.05) is 37.6 Å².